The maximum absolute atomic E-state index is 12.9. The van der Waals surface area contributed by atoms with E-state index in [0.29, 0.717) is 24.5 Å². The van der Waals surface area contributed by atoms with Crippen LogP contribution in [0.4, 0.5) is 4.39 Å². The molecule has 0 saturated carbocycles. The van der Waals surface area contributed by atoms with Crippen molar-refractivity contribution in [3.8, 4) is 11.5 Å². The van der Waals surface area contributed by atoms with Crippen LogP contribution in [0.25, 0.3) is 0 Å². The van der Waals surface area contributed by atoms with Crippen LogP contribution >= 0.6 is 0 Å². The predicted molar refractivity (Wildman–Crippen MR) is 98.7 cm³/mol. The number of carbonyl (C=O) groups is 2. The van der Waals surface area contributed by atoms with Crippen molar-refractivity contribution in [1.82, 2.24) is 5.32 Å². The third-order valence-corrected chi connectivity index (χ3v) is 4.59. The van der Waals surface area contributed by atoms with Gasteiger partial charge in [0, 0.05) is 30.9 Å². The zero-order valence-corrected chi connectivity index (χ0v) is 15.2. The summed E-state index contributed by atoms with van der Waals surface area (Å²) in [5, 5.41) is 2.87. The van der Waals surface area contributed by atoms with E-state index in [1.54, 1.807) is 7.11 Å². The summed E-state index contributed by atoms with van der Waals surface area (Å²) < 4.78 is 24.0. The summed E-state index contributed by atoms with van der Waals surface area (Å²) in [6, 6.07) is 11.1. The van der Waals surface area contributed by atoms with Gasteiger partial charge in [-0.1, -0.05) is 12.1 Å². The average Bonchev–Trinajstić information content (AvgIpc) is 2.70. The first-order valence-electron chi connectivity index (χ1n) is 8.91. The molecule has 1 aliphatic rings. The lowest BCUT2D eigenvalue weighted by Crippen LogP contribution is -2.35. The van der Waals surface area contributed by atoms with Gasteiger partial charge in [0.15, 0.2) is 17.3 Å². The van der Waals surface area contributed by atoms with Crippen LogP contribution in [0.15, 0.2) is 42.5 Å². The SMILES string of the molecule is COc1cccc2c1OC[C@H](CNC(=O)CCC(=O)c1ccc(F)cc1)C2. The lowest BCUT2D eigenvalue weighted by molar-refractivity contribution is -0.121. The second-order valence-electron chi connectivity index (χ2n) is 6.56. The Balaban J connectivity index is 1.44. The Morgan fingerprint density at radius 2 is 1.96 bits per heavy atom. The molecule has 27 heavy (non-hydrogen) atoms. The fraction of sp³-hybridized carbons (Fsp3) is 0.333. The molecule has 0 spiro atoms. The van der Waals surface area contributed by atoms with Crippen molar-refractivity contribution >= 4 is 11.7 Å². The van der Waals surface area contributed by atoms with Crippen LogP contribution in [-0.4, -0.2) is 32.0 Å². The van der Waals surface area contributed by atoms with Gasteiger partial charge >= 0.3 is 0 Å². The molecule has 3 rings (SSSR count). The largest absolute Gasteiger partial charge is 0.493 e. The van der Waals surface area contributed by atoms with Crippen LogP contribution < -0.4 is 14.8 Å². The third kappa shape index (κ3) is 4.84. The maximum Gasteiger partial charge on any atom is 0.220 e. The minimum absolute atomic E-state index is 0.0959. The molecule has 1 aliphatic heterocycles. The molecule has 142 valence electrons. The van der Waals surface area contributed by atoms with Crippen molar-refractivity contribution in [2.24, 2.45) is 5.92 Å². The van der Waals surface area contributed by atoms with Crippen molar-refractivity contribution in [2.75, 3.05) is 20.3 Å². The Morgan fingerprint density at radius 3 is 2.70 bits per heavy atom. The summed E-state index contributed by atoms with van der Waals surface area (Å²) in [6.45, 7) is 0.988. The van der Waals surface area contributed by atoms with E-state index in [0.717, 1.165) is 17.7 Å². The molecule has 5 nitrogen and oxygen atoms in total. The number of methoxy groups -OCH3 is 1. The molecule has 0 unspecified atom stereocenters. The molecule has 0 saturated heterocycles. The second-order valence-corrected chi connectivity index (χ2v) is 6.56. The van der Waals surface area contributed by atoms with E-state index in [1.165, 1.54) is 24.3 Å². The maximum atomic E-state index is 12.9. The second kappa shape index (κ2) is 8.66. The van der Waals surface area contributed by atoms with E-state index < -0.39 is 5.82 Å². The number of halogens is 1. The molecule has 1 heterocycles. The van der Waals surface area contributed by atoms with Gasteiger partial charge in [-0.05, 0) is 42.3 Å². The number of amides is 1. The normalized spacial score (nSPS) is 15.4. The molecule has 2 aromatic carbocycles. The van der Waals surface area contributed by atoms with E-state index >= 15 is 0 Å². The van der Waals surface area contributed by atoms with Crippen molar-refractivity contribution < 1.29 is 23.5 Å². The zero-order chi connectivity index (χ0) is 19.2. The highest BCUT2D eigenvalue weighted by Gasteiger charge is 2.23. The molecule has 6 heteroatoms. The monoisotopic (exact) mass is 371 g/mol. The van der Waals surface area contributed by atoms with Gasteiger partial charge < -0.3 is 14.8 Å². The van der Waals surface area contributed by atoms with Gasteiger partial charge in [-0.2, -0.15) is 0 Å². The molecule has 0 radical (unpaired) electrons. The molecule has 0 aliphatic carbocycles. The highest BCUT2D eigenvalue weighted by Crippen LogP contribution is 2.35. The quantitative estimate of drug-likeness (QED) is 0.760. The Labute approximate surface area is 157 Å². The number of Topliss-reactive ketones (excluding diaryl/α,β-unsaturated/α-hetero) is 1. The van der Waals surface area contributed by atoms with Gasteiger partial charge in [0.1, 0.15) is 5.82 Å². The van der Waals surface area contributed by atoms with Crippen LogP contribution in [0, 0.1) is 11.7 Å². The molecular formula is C21H22FNO4. The van der Waals surface area contributed by atoms with Crippen LogP contribution in [0.5, 0.6) is 11.5 Å². The summed E-state index contributed by atoms with van der Waals surface area (Å²) in [6.07, 6.45) is 0.994. The first-order chi connectivity index (χ1) is 13.1. The van der Waals surface area contributed by atoms with Crippen molar-refractivity contribution in [2.45, 2.75) is 19.3 Å². The number of carbonyl (C=O) groups excluding carboxylic acids is 2. The van der Waals surface area contributed by atoms with Crippen LogP contribution in [0.2, 0.25) is 0 Å². The highest BCUT2D eigenvalue weighted by molar-refractivity contribution is 5.97. The van der Waals surface area contributed by atoms with Crippen LogP contribution in [0.1, 0.15) is 28.8 Å². The molecular weight excluding hydrogens is 349 g/mol. The van der Waals surface area contributed by atoms with E-state index in [2.05, 4.69) is 5.32 Å². The van der Waals surface area contributed by atoms with Crippen molar-refractivity contribution in [1.29, 1.82) is 0 Å². The van der Waals surface area contributed by atoms with Gasteiger partial charge in [0.05, 0.1) is 13.7 Å². The minimum atomic E-state index is -0.391. The van der Waals surface area contributed by atoms with Crippen LogP contribution in [-0.2, 0) is 11.2 Å². The van der Waals surface area contributed by atoms with Gasteiger partial charge in [0.25, 0.3) is 0 Å². The summed E-state index contributed by atoms with van der Waals surface area (Å²) >= 11 is 0. The fourth-order valence-electron chi connectivity index (χ4n) is 3.10. The minimum Gasteiger partial charge on any atom is -0.493 e. The molecule has 0 aromatic heterocycles. The number of nitrogens with one attached hydrogen (secondary N) is 1. The number of hydrogen-bond donors (Lipinski definition) is 1. The standard InChI is InChI=1S/C21H22FNO4/c1-26-19-4-2-3-16-11-14(13-27-21(16)19)12-23-20(25)10-9-18(24)15-5-7-17(22)8-6-15/h2-8,14H,9-13H2,1H3,(H,23,25)/t14-/m0/s1. The summed E-state index contributed by atoms with van der Waals surface area (Å²) in [5.41, 5.74) is 1.47. The zero-order valence-electron chi connectivity index (χ0n) is 15.2. The highest BCUT2D eigenvalue weighted by atomic mass is 19.1. The summed E-state index contributed by atoms with van der Waals surface area (Å²) in [7, 11) is 1.61. The molecule has 1 atom stereocenters. The van der Waals surface area contributed by atoms with Gasteiger partial charge in [-0.3, -0.25) is 9.59 Å². The van der Waals surface area contributed by atoms with Crippen LogP contribution in [0.3, 0.4) is 0 Å². The molecule has 0 bridgehead atoms. The van der Waals surface area contributed by atoms with Gasteiger partial charge in [-0.25, -0.2) is 4.39 Å². The lowest BCUT2D eigenvalue weighted by atomic mass is 9.96. The van der Waals surface area contributed by atoms with Crippen molar-refractivity contribution in [3.63, 3.8) is 0 Å². The first kappa shape index (κ1) is 18.9. The van der Waals surface area contributed by atoms with E-state index in [4.69, 9.17) is 9.47 Å². The summed E-state index contributed by atoms with van der Waals surface area (Å²) in [4.78, 5) is 24.1. The third-order valence-electron chi connectivity index (χ3n) is 4.59. The van der Waals surface area contributed by atoms with Crippen molar-refractivity contribution in [3.05, 3.63) is 59.4 Å². The Kier molecular flexibility index (Phi) is 6.06. The molecule has 1 N–H and O–H groups in total. The predicted octanol–water partition coefficient (Wildman–Crippen LogP) is 3.16. The number of ether oxygens (including phenoxy) is 2. The number of ketones is 1. The molecule has 0 fully saturated rings. The number of fused-ring (bicyclic) bond motifs is 1. The Bertz CT molecular complexity index is 819. The van der Waals surface area contributed by atoms with E-state index in [9.17, 15) is 14.0 Å². The fourth-order valence-corrected chi connectivity index (χ4v) is 3.10. The van der Waals surface area contributed by atoms with Gasteiger partial charge in [0.2, 0.25) is 5.91 Å². The van der Waals surface area contributed by atoms with E-state index in [-0.39, 0.29) is 30.4 Å². The number of hydrogen-bond acceptors (Lipinski definition) is 4. The lowest BCUT2D eigenvalue weighted by Gasteiger charge is -2.26. The Hall–Kier alpha value is -2.89. The number of para-hydroxylation sites is 1. The Morgan fingerprint density at radius 1 is 1.19 bits per heavy atom. The first-order valence-corrected chi connectivity index (χ1v) is 8.91. The van der Waals surface area contributed by atoms with Gasteiger partial charge in [-0.15, -0.1) is 0 Å². The smallest absolute Gasteiger partial charge is 0.220 e. The number of rotatable bonds is 7. The summed E-state index contributed by atoms with van der Waals surface area (Å²) in [5.74, 6) is 0.912. The van der Waals surface area contributed by atoms with E-state index in [1.807, 2.05) is 18.2 Å². The number of benzene rings is 2. The molecule has 1 amide bonds. The molecule has 2 aromatic rings. The topological polar surface area (TPSA) is 64.6 Å². The average molecular weight is 371 g/mol.